The predicted molar refractivity (Wildman–Crippen MR) is 87.4 cm³/mol. The van der Waals surface area contributed by atoms with Crippen LogP contribution in [0.3, 0.4) is 0 Å². The van der Waals surface area contributed by atoms with Crippen LogP contribution in [0.4, 0.5) is 0 Å². The van der Waals surface area contributed by atoms with Crippen LogP contribution in [0.1, 0.15) is 56.7 Å². The number of carbonyl (C=O) groups excluding carboxylic acids is 2. The number of benzene rings is 1. The third-order valence-electron chi connectivity index (χ3n) is 4.32. The fourth-order valence-electron chi connectivity index (χ4n) is 2.80. The quantitative estimate of drug-likeness (QED) is 0.873. The maximum Gasteiger partial charge on any atom is 0.311 e. The summed E-state index contributed by atoms with van der Waals surface area (Å²) in [5, 5.41) is 2.82. The van der Waals surface area contributed by atoms with Gasteiger partial charge in [-0.15, -0.1) is 0 Å². The molecule has 1 saturated heterocycles. The van der Waals surface area contributed by atoms with Crippen LogP contribution in [-0.2, 0) is 16.0 Å². The van der Waals surface area contributed by atoms with Crippen LogP contribution in [0, 0.1) is 0 Å². The van der Waals surface area contributed by atoms with Gasteiger partial charge >= 0.3 is 11.8 Å². The van der Waals surface area contributed by atoms with Crippen LogP contribution in [0.5, 0.6) is 0 Å². The number of aryl methyl sites for hydroxylation is 1. The smallest absolute Gasteiger partial charge is 0.311 e. The van der Waals surface area contributed by atoms with E-state index in [4.69, 9.17) is 0 Å². The van der Waals surface area contributed by atoms with Crippen LogP contribution in [0.25, 0.3) is 0 Å². The molecule has 0 saturated carbocycles. The normalized spacial score (nSPS) is 16.7. The monoisotopic (exact) mass is 302 g/mol. The van der Waals surface area contributed by atoms with Gasteiger partial charge in [-0.1, -0.05) is 44.0 Å². The summed E-state index contributed by atoms with van der Waals surface area (Å²) in [7, 11) is 0. The van der Waals surface area contributed by atoms with Crippen LogP contribution in [0.15, 0.2) is 24.3 Å². The standard InChI is InChI=1S/C18H26N2O2/c1-3-15-8-10-16(11-9-15)14(2)19-17(21)18(22)20-12-6-4-5-7-13-20/h8-11,14H,3-7,12-13H2,1-2H3,(H,19,21). The summed E-state index contributed by atoms with van der Waals surface area (Å²) in [5.41, 5.74) is 2.29. The second kappa shape index (κ2) is 7.97. The Morgan fingerprint density at radius 1 is 1.09 bits per heavy atom. The summed E-state index contributed by atoms with van der Waals surface area (Å²) in [4.78, 5) is 26.1. The van der Waals surface area contributed by atoms with Gasteiger partial charge in [-0.2, -0.15) is 0 Å². The number of hydrogen-bond donors (Lipinski definition) is 1. The zero-order valence-electron chi connectivity index (χ0n) is 13.6. The number of amides is 2. The highest BCUT2D eigenvalue weighted by atomic mass is 16.2. The molecule has 1 aromatic rings. The van der Waals surface area contributed by atoms with Crippen LogP contribution in [-0.4, -0.2) is 29.8 Å². The molecule has 1 heterocycles. The Balaban J connectivity index is 1.92. The van der Waals surface area contributed by atoms with E-state index in [-0.39, 0.29) is 11.9 Å². The third kappa shape index (κ3) is 4.33. The molecule has 1 unspecified atom stereocenters. The van der Waals surface area contributed by atoms with Gasteiger partial charge in [-0.3, -0.25) is 9.59 Å². The minimum atomic E-state index is -0.492. The molecule has 0 aromatic heterocycles. The Hall–Kier alpha value is -1.84. The summed E-state index contributed by atoms with van der Waals surface area (Å²) in [6.07, 6.45) is 5.27. The van der Waals surface area contributed by atoms with Crippen molar-refractivity contribution in [2.24, 2.45) is 0 Å². The van der Waals surface area contributed by atoms with E-state index in [1.54, 1.807) is 4.90 Å². The first-order valence-electron chi connectivity index (χ1n) is 8.30. The fourth-order valence-corrected chi connectivity index (χ4v) is 2.80. The molecule has 0 spiro atoms. The molecule has 4 heteroatoms. The van der Waals surface area contributed by atoms with Crippen molar-refractivity contribution in [1.82, 2.24) is 10.2 Å². The fraction of sp³-hybridized carbons (Fsp3) is 0.556. The van der Waals surface area contributed by atoms with E-state index in [0.717, 1.165) is 37.7 Å². The lowest BCUT2D eigenvalue weighted by Crippen LogP contribution is -2.44. The number of carbonyl (C=O) groups is 2. The average Bonchev–Trinajstić information content (AvgIpc) is 2.83. The highest BCUT2D eigenvalue weighted by Gasteiger charge is 2.23. The lowest BCUT2D eigenvalue weighted by Gasteiger charge is -2.21. The summed E-state index contributed by atoms with van der Waals surface area (Å²) < 4.78 is 0. The highest BCUT2D eigenvalue weighted by molar-refractivity contribution is 6.35. The molecule has 1 aromatic carbocycles. The van der Waals surface area contributed by atoms with Gasteiger partial charge in [0.1, 0.15) is 0 Å². The van der Waals surface area contributed by atoms with Gasteiger partial charge < -0.3 is 10.2 Å². The first-order chi connectivity index (χ1) is 10.6. The number of nitrogens with one attached hydrogen (secondary N) is 1. The van der Waals surface area contributed by atoms with Gasteiger partial charge in [-0.25, -0.2) is 0 Å². The van der Waals surface area contributed by atoms with Crippen LogP contribution < -0.4 is 5.32 Å². The highest BCUT2D eigenvalue weighted by Crippen LogP contribution is 2.14. The van der Waals surface area contributed by atoms with Crippen molar-refractivity contribution in [2.75, 3.05) is 13.1 Å². The number of hydrogen-bond acceptors (Lipinski definition) is 2. The minimum Gasteiger partial charge on any atom is -0.341 e. The molecule has 1 aliphatic heterocycles. The number of nitrogens with zero attached hydrogens (tertiary/aromatic N) is 1. The molecule has 0 aliphatic carbocycles. The maximum absolute atomic E-state index is 12.2. The van der Waals surface area contributed by atoms with Crippen molar-refractivity contribution in [3.8, 4) is 0 Å². The Bertz CT molecular complexity index is 502. The minimum absolute atomic E-state index is 0.158. The van der Waals surface area contributed by atoms with E-state index < -0.39 is 5.91 Å². The Morgan fingerprint density at radius 2 is 1.68 bits per heavy atom. The third-order valence-corrected chi connectivity index (χ3v) is 4.32. The molecular weight excluding hydrogens is 276 g/mol. The van der Waals surface area contributed by atoms with E-state index >= 15 is 0 Å². The molecular formula is C18H26N2O2. The first kappa shape index (κ1) is 16.5. The Kier molecular flexibility index (Phi) is 5.99. The topological polar surface area (TPSA) is 49.4 Å². The summed E-state index contributed by atoms with van der Waals surface area (Å²) >= 11 is 0. The van der Waals surface area contributed by atoms with E-state index in [1.807, 2.05) is 19.1 Å². The van der Waals surface area contributed by atoms with Crippen LogP contribution in [0.2, 0.25) is 0 Å². The first-order valence-corrected chi connectivity index (χ1v) is 8.30. The van der Waals surface area contributed by atoms with Gasteiger partial charge in [0.2, 0.25) is 0 Å². The molecule has 4 nitrogen and oxygen atoms in total. The van der Waals surface area contributed by atoms with E-state index in [0.29, 0.717) is 13.1 Å². The molecule has 0 bridgehead atoms. The molecule has 0 radical (unpaired) electrons. The molecule has 120 valence electrons. The molecule has 2 rings (SSSR count). The Labute approximate surface area is 132 Å². The zero-order chi connectivity index (χ0) is 15.9. The second-order valence-electron chi connectivity index (χ2n) is 6.00. The number of rotatable bonds is 3. The van der Waals surface area contributed by atoms with Crippen molar-refractivity contribution >= 4 is 11.8 Å². The lowest BCUT2D eigenvalue weighted by molar-refractivity contribution is -0.146. The molecule has 1 aliphatic rings. The summed E-state index contributed by atoms with van der Waals surface area (Å²) in [6, 6.07) is 8.00. The average molecular weight is 302 g/mol. The van der Waals surface area contributed by atoms with E-state index in [2.05, 4.69) is 24.4 Å². The molecule has 1 atom stereocenters. The van der Waals surface area contributed by atoms with Crippen molar-refractivity contribution < 1.29 is 9.59 Å². The Morgan fingerprint density at radius 3 is 2.23 bits per heavy atom. The zero-order valence-corrected chi connectivity index (χ0v) is 13.6. The van der Waals surface area contributed by atoms with Gasteiger partial charge in [0.05, 0.1) is 6.04 Å². The van der Waals surface area contributed by atoms with Gasteiger partial charge in [0.25, 0.3) is 0 Å². The predicted octanol–water partition coefficient (Wildman–Crippen LogP) is 2.83. The van der Waals surface area contributed by atoms with Gasteiger partial charge in [-0.05, 0) is 37.3 Å². The van der Waals surface area contributed by atoms with E-state index in [1.165, 1.54) is 5.56 Å². The van der Waals surface area contributed by atoms with Crippen molar-refractivity contribution in [2.45, 2.75) is 52.0 Å². The lowest BCUT2D eigenvalue weighted by atomic mass is 10.0. The van der Waals surface area contributed by atoms with Gasteiger partial charge in [0.15, 0.2) is 0 Å². The molecule has 2 amide bonds. The molecule has 22 heavy (non-hydrogen) atoms. The van der Waals surface area contributed by atoms with Crippen LogP contribution >= 0.6 is 0 Å². The SMILES string of the molecule is CCc1ccc(C(C)NC(=O)C(=O)N2CCCCCC2)cc1. The molecule has 1 N–H and O–H groups in total. The summed E-state index contributed by atoms with van der Waals surface area (Å²) in [6.45, 7) is 5.42. The summed E-state index contributed by atoms with van der Waals surface area (Å²) in [5.74, 6) is -0.882. The van der Waals surface area contributed by atoms with Crippen molar-refractivity contribution in [3.63, 3.8) is 0 Å². The molecule has 1 fully saturated rings. The number of likely N-dealkylation sites (tertiary alicyclic amines) is 1. The maximum atomic E-state index is 12.2. The van der Waals surface area contributed by atoms with E-state index in [9.17, 15) is 9.59 Å². The van der Waals surface area contributed by atoms with Crippen molar-refractivity contribution in [3.05, 3.63) is 35.4 Å². The van der Waals surface area contributed by atoms with Gasteiger partial charge in [0, 0.05) is 13.1 Å². The largest absolute Gasteiger partial charge is 0.341 e. The van der Waals surface area contributed by atoms with Crippen molar-refractivity contribution in [1.29, 1.82) is 0 Å². The second-order valence-corrected chi connectivity index (χ2v) is 6.00.